The van der Waals surface area contributed by atoms with Crippen LogP contribution in [0.4, 0.5) is 10.1 Å². The highest BCUT2D eigenvalue weighted by atomic mass is 35.5. The van der Waals surface area contributed by atoms with Crippen molar-refractivity contribution in [1.29, 1.82) is 0 Å². The summed E-state index contributed by atoms with van der Waals surface area (Å²) in [6.07, 6.45) is 5.27. The number of thiophene rings is 1. The van der Waals surface area contributed by atoms with E-state index in [1.807, 2.05) is 23.9 Å². The maximum absolute atomic E-state index is 13.2. The molecule has 0 aliphatic carbocycles. The van der Waals surface area contributed by atoms with Crippen LogP contribution in [0.15, 0.2) is 73.2 Å². The van der Waals surface area contributed by atoms with Gasteiger partial charge in [0, 0.05) is 31.7 Å². The summed E-state index contributed by atoms with van der Waals surface area (Å²) >= 11 is 13.2. The molecule has 7 nitrogen and oxygen atoms in total. The zero-order valence-corrected chi connectivity index (χ0v) is 21.8. The second-order valence-corrected chi connectivity index (χ2v) is 9.96. The van der Waals surface area contributed by atoms with Crippen molar-refractivity contribution in [1.82, 2.24) is 14.5 Å². The number of pyridine rings is 1. The Hall–Kier alpha value is -3.86. The monoisotopic (exact) mass is 551 g/mol. The summed E-state index contributed by atoms with van der Waals surface area (Å²) in [5, 5.41) is 0.132. The topological polar surface area (TPSA) is 86.3 Å². The lowest BCUT2D eigenvalue weighted by Crippen LogP contribution is -2.41. The Morgan fingerprint density at radius 3 is 2.59 bits per heavy atom. The lowest BCUT2D eigenvalue weighted by atomic mass is 10.1. The van der Waals surface area contributed by atoms with Crippen molar-refractivity contribution >= 4 is 62.1 Å². The van der Waals surface area contributed by atoms with Gasteiger partial charge >= 0.3 is 0 Å². The number of imidazole rings is 1. The second-order valence-electron chi connectivity index (χ2n) is 8.08. The van der Waals surface area contributed by atoms with Crippen LogP contribution in [0.3, 0.4) is 0 Å². The number of carbonyl (C=O) groups is 1. The molecule has 0 saturated heterocycles. The zero-order valence-electron chi connectivity index (χ0n) is 19.4. The molecule has 1 amide bonds. The SMILES string of the molecule is Cn1ccnc1-c1cc2nccc(Oc3ccc(N(C(=O)Cc4ccc(F)cc4)C(N)=S)cc3Cl)c2s1. The summed E-state index contributed by atoms with van der Waals surface area (Å²) in [6, 6.07) is 14.2. The van der Waals surface area contributed by atoms with Crippen molar-refractivity contribution < 1.29 is 13.9 Å². The van der Waals surface area contributed by atoms with Gasteiger partial charge in [0.05, 0.1) is 32.2 Å². The van der Waals surface area contributed by atoms with Crippen molar-refractivity contribution in [3.63, 3.8) is 0 Å². The van der Waals surface area contributed by atoms with E-state index in [-0.39, 0.29) is 28.3 Å². The van der Waals surface area contributed by atoms with E-state index < -0.39 is 0 Å². The number of hydrogen-bond acceptors (Lipinski definition) is 6. The summed E-state index contributed by atoms with van der Waals surface area (Å²) < 4.78 is 22.2. The summed E-state index contributed by atoms with van der Waals surface area (Å²) in [7, 11) is 1.93. The molecular formula is C26H19ClFN5O2S2. The van der Waals surface area contributed by atoms with Gasteiger partial charge < -0.3 is 15.0 Å². The number of amides is 1. The fourth-order valence-corrected chi connectivity index (χ4v) is 5.31. The van der Waals surface area contributed by atoms with Crippen LogP contribution in [-0.2, 0) is 18.3 Å². The number of hydrogen-bond donors (Lipinski definition) is 1. The Morgan fingerprint density at radius 2 is 1.92 bits per heavy atom. The zero-order chi connectivity index (χ0) is 26.1. The molecule has 0 spiro atoms. The molecule has 2 N–H and O–H groups in total. The minimum absolute atomic E-state index is 0.0147. The van der Waals surface area contributed by atoms with Crippen molar-refractivity contribution in [2.45, 2.75) is 6.42 Å². The predicted octanol–water partition coefficient (Wildman–Crippen LogP) is 6.10. The Bertz CT molecular complexity index is 1630. The highest BCUT2D eigenvalue weighted by Crippen LogP contribution is 2.40. The van der Waals surface area contributed by atoms with E-state index >= 15 is 0 Å². The number of aryl methyl sites for hydroxylation is 1. The maximum Gasteiger partial charge on any atom is 0.237 e. The van der Waals surface area contributed by atoms with Gasteiger partial charge in [0.15, 0.2) is 5.11 Å². The van der Waals surface area contributed by atoms with Gasteiger partial charge in [-0.2, -0.15) is 0 Å². The van der Waals surface area contributed by atoms with Gasteiger partial charge in [0.1, 0.15) is 23.1 Å². The minimum atomic E-state index is -0.383. The largest absolute Gasteiger partial charge is 0.454 e. The normalized spacial score (nSPS) is 11.0. The summed E-state index contributed by atoms with van der Waals surface area (Å²) in [5.41, 5.74) is 7.66. The van der Waals surface area contributed by atoms with Gasteiger partial charge in [-0.15, -0.1) is 11.3 Å². The highest BCUT2D eigenvalue weighted by Gasteiger charge is 2.21. The molecule has 5 aromatic rings. The first kappa shape index (κ1) is 24.8. The molecule has 0 aliphatic rings. The van der Waals surface area contributed by atoms with E-state index in [9.17, 15) is 9.18 Å². The number of aromatic nitrogens is 3. The van der Waals surface area contributed by atoms with E-state index in [0.717, 1.165) is 20.9 Å². The van der Waals surface area contributed by atoms with Crippen molar-refractivity contribution in [3.05, 3.63) is 89.6 Å². The van der Waals surface area contributed by atoms with Crippen LogP contribution in [0.2, 0.25) is 5.02 Å². The summed E-state index contributed by atoms with van der Waals surface area (Å²) in [4.78, 5) is 24.0. The Morgan fingerprint density at radius 1 is 1.14 bits per heavy atom. The number of nitrogens with two attached hydrogens (primary N) is 1. The minimum Gasteiger partial charge on any atom is -0.454 e. The van der Waals surface area contributed by atoms with Gasteiger partial charge in [-0.3, -0.25) is 14.7 Å². The van der Waals surface area contributed by atoms with Crippen LogP contribution in [0, 0.1) is 5.82 Å². The van der Waals surface area contributed by atoms with Crippen LogP contribution in [-0.4, -0.2) is 25.6 Å². The molecule has 0 aliphatic heterocycles. The molecule has 11 heteroatoms. The first-order chi connectivity index (χ1) is 17.8. The summed E-state index contributed by atoms with van der Waals surface area (Å²) in [6.45, 7) is 0. The lowest BCUT2D eigenvalue weighted by molar-refractivity contribution is -0.117. The number of halogens is 2. The molecule has 2 aromatic carbocycles. The molecule has 0 radical (unpaired) electrons. The van der Waals surface area contributed by atoms with Crippen molar-refractivity contribution in [3.8, 4) is 22.2 Å². The molecule has 0 atom stereocenters. The first-order valence-electron chi connectivity index (χ1n) is 11.0. The number of thiocarbonyl (C=S) groups is 1. The highest BCUT2D eigenvalue weighted by molar-refractivity contribution is 7.80. The van der Waals surface area contributed by atoms with E-state index in [1.54, 1.807) is 36.7 Å². The van der Waals surface area contributed by atoms with Crippen LogP contribution < -0.4 is 15.4 Å². The number of nitrogens with zero attached hydrogens (tertiary/aromatic N) is 4. The van der Waals surface area contributed by atoms with Gasteiger partial charge in [0.2, 0.25) is 5.91 Å². The van der Waals surface area contributed by atoms with Crippen molar-refractivity contribution in [2.75, 3.05) is 4.90 Å². The molecule has 3 heterocycles. The lowest BCUT2D eigenvalue weighted by Gasteiger charge is -2.22. The van der Waals surface area contributed by atoms with Crippen LogP contribution in [0.25, 0.3) is 20.9 Å². The third kappa shape index (κ3) is 5.17. The predicted molar refractivity (Wildman–Crippen MR) is 148 cm³/mol. The van der Waals surface area contributed by atoms with E-state index in [0.29, 0.717) is 22.7 Å². The Kier molecular flexibility index (Phi) is 6.88. The second kappa shape index (κ2) is 10.3. The van der Waals surface area contributed by atoms with Gasteiger partial charge in [-0.1, -0.05) is 23.7 Å². The standard InChI is InChI=1S/C26H19ClFN5O2S2/c1-32-11-10-31-25(32)22-14-19-24(37-22)21(8-9-30-19)35-20-7-6-17(13-18(20)27)33(26(29)36)23(34)12-15-2-4-16(28)5-3-15/h2-11,13-14H,12H2,1H3,(H2,29,36). The molecule has 0 fully saturated rings. The number of ether oxygens (including phenoxy) is 1. The van der Waals surface area contributed by atoms with E-state index in [1.165, 1.54) is 40.5 Å². The molecule has 0 saturated carbocycles. The van der Waals surface area contributed by atoms with E-state index in [4.69, 9.17) is 34.3 Å². The van der Waals surface area contributed by atoms with Crippen LogP contribution in [0.5, 0.6) is 11.5 Å². The van der Waals surface area contributed by atoms with E-state index in [2.05, 4.69) is 9.97 Å². The van der Waals surface area contributed by atoms with Crippen LogP contribution >= 0.6 is 35.2 Å². The Labute approximate surface area is 225 Å². The van der Waals surface area contributed by atoms with Crippen LogP contribution in [0.1, 0.15) is 5.56 Å². The molecule has 0 unspecified atom stereocenters. The third-order valence-corrected chi connectivity index (χ3v) is 7.16. The fourth-order valence-electron chi connectivity index (χ4n) is 3.79. The van der Waals surface area contributed by atoms with Gasteiger partial charge in [-0.25, -0.2) is 9.37 Å². The molecular weight excluding hydrogens is 533 g/mol. The molecule has 3 aromatic heterocycles. The van der Waals surface area contributed by atoms with Gasteiger partial charge in [0.25, 0.3) is 0 Å². The fraction of sp³-hybridized carbons (Fsp3) is 0.0769. The average molecular weight is 552 g/mol. The van der Waals surface area contributed by atoms with Crippen molar-refractivity contribution in [2.24, 2.45) is 12.8 Å². The van der Waals surface area contributed by atoms with Gasteiger partial charge in [-0.05, 0) is 54.2 Å². The number of anilines is 1. The Balaban J connectivity index is 1.41. The third-order valence-electron chi connectivity index (χ3n) is 5.55. The molecule has 5 rings (SSSR count). The number of fused-ring (bicyclic) bond motifs is 1. The average Bonchev–Trinajstić information content (AvgIpc) is 3.48. The first-order valence-corrected chi connectivity index (χ1v) is 12.6. The number of carbonyl (C=O) groups excluding carboxylic acids is 1. The number of benzene rings is 2. The maximum atomic E-state index is 13.2. The molecule has 37 heavy (non-hydrogen) atoms. The molecule has 0 bridgehead atoms. The molecule has 186 valence electrons. The summed E-state index contributed by atoms with van der Waals surface area (Å²) in [5.74, 6) is 1.05. The number of rotatable bonds is 6. The smallest absolute Gasteiger partial charge is 0.237 e. The quantitative estimate of drug-likeness (QED) is 0.257.